The number of hydrogen-bond donors (Lipinski definition) is 1. The average molecular weight is 380 g/mol. The van der Waals surface area contributed by atoms with Crippen molar-refractivity contribution in [3.63, 3.8) is 0 Å². The molecule has 0 radical (unpaired) electrons. The normalized spacial score (nSPS) is 19.8. The van der Waals surface area contributed by atoms with E-state index in [1.807, 2.05) is 38.5 Å². The SMILES string of the molecule is Cc1nc(-c2ccc(N3CCOC(C)(c4cnn(C)c4)C3)nc2)[nH]c(=O)c1C. The van der Waals surface area contributed by atoms with E-state index in [1.54, 1.807) is 17.8 Å². The van der Waals surface area contributed by atoms with Gasteiger partial charge < -0.3 is 14.6 Å². The van der Waals surface area contributed by atoms with E-state index >= 15 is 0 Å². The molecule has 28 heavy (non-hydrogen) atoms. The maximum absolute atomic E-state index is 12.0. The van der Waals surface area contributed by atoms with E-state index in [9.17, 15) is 4.79 Å². The second-order valence-electron chi connectivity index (χ2n) is 7.43. The highest BCUT2D eigenvalue weighted by Crippen LogP contribution is 2.31. The summed E-state index contributed by atoms with van der Waals surface area (Å²) in [6.45, 7) is 7.74. The molecule has 0 spiro atoms. The maximum atomic E-state index is 12.0. The average Bonchev–Trinajstić information content (AvgIpc) is 3.13. The molecular formula is C20H24N6O2. The van der Waals surface area contributed by atoms with E-state index in [2.05, 4.69) is 31.9 Å². The fourth-order valence-electron chi connectivity index (χ4n) is 3.43. The second-order valence-corrected chi connectivity index (χ2v) is 7.43. The summed E-state index contributed by atoms with van der Waals surface area (Å²) in [5, 5.41) is 4.27. The summed E-state index contributed by atoms with van der Waals surface area (Å²) in [5.74, 6) is 1.41. The minimum atomic E-state index is -0.437. The van der Waals surface area contributed by atoms with Gasteiger partial charge >= 0.3 is 0 Å². The van der Waals surface area contributed by atoms with Crippen LogP contribution < -0.4 is 10.5 Å². The minimum Gasteiger partial charge on any atom is -0.367 e. The molecule has 1 saturated heterocycles. The van der Waals surface area contributed by atoms with Crippen molar-refractivity contribution in [3.8, 4) is 11.4 Å². The number of aromatic amines is 1. The Bertz CT molecular complexity index is 1060. The summed E-state index contributed by atoms with van der Waals surface area (Å²) in [4.78, 5) is 26.1. The van der Waals surface area contributed by atoms with Crippen molar-refractivity contribution in [1.82, 2.24) is 24.7 Å². The van der Waals surface area contributed by atoms with Crippen LogP contribution in [0.3, 0.4) is 0 Å². The van der Waals surface area contributed by atoms with Crippen LogP contribution in [0, 0.1) is 13.8 Å². The summed E-state index contributed by atoms with van der Waals surface area (Å²) < 4.78 is 7.86. The Labute approximate surface area is 163 Å². The molecule has 0 aromatic carbocycles. The number of nitrogens with zero attached hydrogens (tertiary/aromatic N) is 5. The minimum absolute atomic E-state index is 0.119. The zero-order valence-electron chi connectivity index (χ0n) is 16.6. The third-order valence-corrected chi connectivity index (χ3v) is 5.33. The summed E-state index contributed by atoms with van der Waals surface area (Å²) in [6, 6.07) is 3.89. The van der Waals surface area contributed by atoms with Gasteiger partial charge in [-0.25, -0.2) is 9.97 Å². The standard InChI is InChI=1S/C20H24N6O2/c1-13-14(2)23-18(24-19(13)27)15-5-6-17(21-9-15)26-7-8-28-20(3,12-26)16-10-22-25(4)11-16/h5-6,9-11H,7-8,12H2,1-4H3,(H,23,24,27). The molecule has 0 amide bonds. The summed E-state index contributed by atoms with van der Waals surface area (Å²) in [5.41, 5.74) is 2.64. The van der Waals surface area contributed by atoms with Crippen LogP contribution in [-0.2, 0) is 17.4 Å². The smallest absolute Gasteiger partial charge is 0.254 e. The van der Waals surface area contributed by atoms with Gasteiger partial charge in [0.25, 0.3) is 5.56 Å². The van der Waals surface area contributed by atoms with Crippen molar-refractivity contribution in [2.24, 2.45) is 7.05 Å². The third kappa shape index (κ3) is 3.31. The largest absolute Gasteiger partial charge is 0.367 e. The van der Waals surface area contributed by atoms with E-state index in [0.29, 0.717) is 24.5 Å². The predicted octanol–water partition coefficient (Wildman–Crippen LogP) is 1.93. The Morgan fingerprint density at radius 2 is 2.07 bits per heavy atom. The van der Waals surface area contributed by atoms with Gasteiger partial charge in [0, 0.05) is 48.4 Å². The van der Waals surface area contributed by atoms with Gasteiger partial charge in [-0.15, -0.1) is 0 Å². The van der Waals surface area contributed by atoms with Crippen molar-refractivity contribution < 1.29 is 4.74 Å². The van der Waals surface area contributed by atoms with E-state index in [-0.39, 0.29) is 5.56 Å². The third-order valence-electron chi connectivity index (χ3n) is 5.33. The number of aromatic nitrogens is 5. The van der Waals surface area contributed by atoms with E-state index < -0.39 is 5.60 Å². The first-order valence-electron chi connectivity index (χ1n) is 9.28. The molecule has 1 N–H and O–H groups in total. The molecule has 8 nitrogen and oxygen atoms in total. The van der Waals surface area contributed by atoms with E-state index in [0.717, 1.165) is 29.2 Å². The van der Waals surface area contributed by atoms with Crippen molar-refractivity contribution in [3.05, 3.63) is 57.9 Å². The van der Waals surface area contributed by atoms with Crippen LogP contribution in [0.5, 0.6) is 0 Å². The number of rotatable bonds is 3. The van der Waals surface area contributed by atoms with Crippen molar-refractivity contribution in [2.75, 3.05) is 24.6 Å². The molecule has 1 fully saturated rings. The summed E-state index contributed by atoms with van der Waals surface area (Å²) in [7, 11) is 1.90. The van der Waals surface area contributed by atoms with Gasteiger partial charge in [0.05, 0.1) is 19.3 Å². The van der Waals surface area contributed by atoms with Gasteiger partial charge in [0.1, 0.15) is 17.2 Å². The monoisotopic (exact) mass is 380 g/mol. The van der Waals surface area contributed by atoms with Gasteiger partial charge in [-0.3, -0.25) is 9.48 Å². The molecule has 146 valence electrons. The van der Waals surface area contributed by atoms with Crippen LogP contribution in [-0.4, -0.2) is 44.4 Å². The predicted molar refractivity (Wildman–Crippen MR) is 106 cm³/mol. The number of hydrogen-bond acceptors (Lipinski definition) is 6. The van der Waals surface area contributed by atoms with Crippen molar-refractivity contribution in [2.45, 2.75) is 26.4 Å². The highest BCUT2D eigenvalue weighted by atomic mass is 16.5. The lowest BCUT2D eigenvalue weighted by Gasteiger charge is -2.40. The molecule has 1 aliphatic rings. The van der Waals surface area contributed by atoms with Crippen LogP contribution in [0.4, 0.5) is 5.82 Å². The van der Waals surface area contributed by atoms with Crippen molar-refractivity contribution >= 4 is 5.82 Å². The lowest BCUT2D eigenvalue weighted by molar-refractivity contribution is -0.0468. The Kier molecular flexibility index (Phi) is 4.50. The lowest BCUT2D eigenvalue weighted by Crippen LogP contribution is -2.48. The number of anilines is 1. The van der Waals surface area contributed by atoms with Crippen LogP contribution >= 0.6 is 0 Å². The number of nitrogens with one attached hydrogen (secondary N) is 1. The number of pyridine rings is 1. The quantitative estimate of drug-likeness (QED) is 0.747. The Morgan fingerprint density at radius 1 is 1.25 bits per heavy atom. The van der Waals surface area contributed by atoms with E-state index in [4.69, 9.17) is 4.74 Å². The Morgan fingerprint density at radius 3 is 2.71 bits per heavy atom. The molecule has 4 rings (SSSR count). The molecule has 0 bridgehead atoms. The lowest BCUT2D eigenvalue weighted by atomic mass is 9.97. The molecule has 3 aromatic rings. The molecule has 3 aromatic heterocycles. The van der Waals surface area contributed by atoms with Gasteiger partial charge in [-0.2, -0.15) is 5.10 Å². The zero-order chi connectivity index (χ0) is 19.9. The van der Waals surface area contributed by atoms with Crippen LogP contribution in [0.15, 0.2) is 35.5 Å². The highest BCUT2D eigenvalue weighted by molar-refractivity contribution is 5.57. The summed E-state index contributed by atoms with van der Waals surface area (Å²) in [6.07, 6.45) is 5.59. The highest BCUT2D eigenvalue weighted by Gasteiger charge is 2.35. The molecule has 4 heterocycles. The zero-order valence-corrected chi connectivity index (χ0v) is 16.6. The fraction of sp³-hybridized carbons (Fsp3) is 0.400. The molecular weight excluding hydrogens is 356 g/mol. The molecule has 0 aliphatic carbocycles. The number of H-pyrrole nitrogens is 1. The first-order valence-corrected chi connectivity index (χ1v) is 9.28. The fourth-order valence-corrected chi connectivity index (χ4v) is 3.43. The van der Waals surface area contributed by atoms with Gasteiger partial charge in [0.2, 0.25) is 0 Å². The van der Waals surface area contributed by atoms with Gasteiger partial charge in [-0.05, 0) is 32.9 Å². The molecule has 1 atom stereocenters. The maximum Gasteiger partial charge on any atom is 0.254 e. The molecule has 1 unspecified atom stereocenters. The topological polar surface area (TPSA) is 88.9 Å². The second kappa shape index (κ2) is 6.87. The first-order chi connectivity index (χ1) is 13.4. The van der Waals surface area contributed by atoms with E-state index in [1.165, 1.54) is 0 Å². The molecule has 0 saturated carbocycles. The number of aryl methyl sites for hydroxylation is 2. The van der Waals surface area contributed by atoms with Gasteiger partial charge in [0.15, 0.2) is 0 Å². The van der Waals surface area contributed by atoms with Crippen molar-refractivity contribution in [1.29, 1.82) is 0 Å². The van der Waals surface area contributed by atoms with Crippen LogP contribution in [0.25, 0.3) is 11.4 Å². The van der Waals surface area contributed by atoms with Gasteiger partial charge in [-0.1, -0.05) is 0 Å². The first kappa shape index (κ1) is 18.4. The number of ether oxygens (including phenoxy) is 1. The summed E-state index contributed by atoms with van der Waals surface area (Å²) >= 11 is 0. The Hall–Kier alpha value is -3.00. The molecule has 8 heteroatoms. The molecule has 1 aliphatic heterocycles. The van der Waals surface area contributed by atoms with Crippen LogP contribution in [0.2, 0.25) is 0 Å². The Balaban J connectivity index is 1.58. The van der Waals surface area contributed by atoms with Crippen LogP contribution in [0.1, 0.15) is 23.7 Å². The number of morpholine rings is 1.